The highest BCUT2D eigenvalue weighted by Crippen LogP contribution is 2.29. The summed E-state index contributed by atoms with van der Waals surface area (Å²) in [5.41, 5.74) is 8.38. The summed E-state index contributed by atoms with van der Waals surface area (Å²) in [4.78, 5) is 4.54. The fourth-order valence-corrected chi connectivity index (χ4v) is 2.01. The van der Waals surface area contributed by atoms with Crippen LogP contribution in [0.2, 0.25) is 5.02 Å². The Balaban J connectivity index is 2.51. The van der Waals surface area contributed by atoms with E-state index in [1.807, 2.05) is 36.4 Å². The van der Waals surface area contributed by atoms with Crippen LogP contribution < -0.4 is 5.73 Å². The number of nitrogens with two attached hydrogens (primary N) is 1. The van der Waals surface area contributed by atoms with Crippen LogP contribution in [0.1, 0.15) is 0 Å². The maximum Gasteiger partial charge on any atom is 0.0731 e. The van der Waals surface area contributed by atoms with Crippen molar-refractivity contribution in [1.29, 1.82) is 0 Å². The smallest absolute Gasteiger partial charge is 0.0731 e. The van der Waals surface area contributed by atoms with Crippen molar-refractivity contribution in [2.45, 2.75) is 0 Å². The van der Waals surface area contributed by atoms with E-state index in [1.54, 1.807) is 6.07 Å². The van der Waals surface area contributed by atoms with Crippen molar-refractivity contribution in [1.82, 2.24) is 4.98 Å². The topological polar surface area (TPSA) is 38.9 Å². The van der Waals surface area contributed by atoms with E-state index in [-0.39, 0.29) is 0 Å². The normalized spacial score (nSPS) is 11.1. The summed E-state index contributed by atoms with van der Waals surface area (Å²) in [5.74, 6) is 0. The maximum atomic E-state index is 5.99. The van der Waals surface area contributed by atoms with Gasteiger partial charge >= 0.3 is 0 Å². The molecule has 78 valence electrons. The van der Waals surface area contributed by atoms with E-state index in [2.05, 4.69) is 4.98 Å². The zero-order valence-corrected chi connectivity index (χ0v) is 9.20. The van der Waals surface area contributed by atoms with Crippen LogP contribution in [0, 0.1) is 0 Å². The van der Waals surface area contributed by atoms with E-state index in [1.165, 1.54) is 0 Å². The Labute approximate surface area is 97.7 Å². The SMILES string of the molecule is Nc1c(Cl)ccc2nc3ccccc3cc12. The lowest BCUT2D eigenvalue weighted by molar-refractivity contribution is 1.50. The highest BCUT2D eigenvalue weighted by molar-refractivity contribution is 6.34. The second kappa shape index (κ2) is 3.35. The number of benzene rings is 2. The quantitative estimate of drug-likeness (QED) is 0.472. The first-order valence-corrected chi connectivity index (χ1v) is 5.37. The van der Waals surface area contributed by atoms with Gasteiger partial charge < -0.3 is 5.73 Å². The lowest BCUT2D eigenvalue weighted by Crippen LogP contribution is -1.90. The number of halogens is 1. The number of pyridine rings is 1. The van der Waals surface area contributed by atoms with Gasteiger partial charge in [-0.3, -0.25) is 0 Å². The molecule has 0 radical (unpaired) electrons. The molecule has 0 aliphatic carbocycles. The second-order valence-electron chi connectivity index (χ2n) is 3.71. The van der Waals surface area contributed by atoms with Gasteiger partial charge in [-0.05, 0) is 24.3 Å². The molecule has 2 nitrogen and oxygen atoms in total. The minimum atomic E-state index is 0.574. The maximum absolute atomic E-state index is 5.99. The first kappa shape index (κ1) is 9.43. The molecular formula is C13H9ClN2. The minimum absolute atomic E-state index is 0.574. The molecule has 0 fully saturated rings. The largest absolute Gasteiger partial charge is 0.397 e. The number of fused-ring (bicyclic) bond motifs is 2. The van der Waals surface area contributed by atoms with Crippen LogP contribution in [-0.2, 0) is 0 Å². The lowest BCUT2D eigenvalue weighted by Gasteiger charge is -2.05. The van der Waals surface area contributed by atoms with Gasteiger partial charge in [0.15, 0.2) is 0 Å². The summed E-state index contributed by atoms with van der Waals surface area (Å²) < 4.78 is 0. The van der Waals surface area contributed by atoms with Gasteiger partial charge in [-0.15, -0.1) is 0 Å². The van der Waals surface area contributed by atoms with Crippen LogP contribution in [0.25, 0.3) is 21.8 Å². The fourth-order valence-electron chi connectivity index (χ4n) is 1.84. The van der Waals surface area contributed by atoms with Crippen LogP contribution in [0.5, 0.6) is 0 Å². The van der Waals surface area contributed by atoms with Crippen molar-refractivity contribution in [3.8, 4) is 0 Å². The van der Waals surface area contributed by atoms with E-state index in [0.29, 0.717) is 10.7 Å². The Kier molecular flexibility index (Phi) is 1.98. The first-order chi connectivity index (χ1) is 7.75. The van der Waals surface area contributed by atoms with Gasteiger partial charge in [0, 0.05) is 10.8 Å². The van der Waals surface area contributed by atoms with Crippen LogP contribution in [0.15, 0.2) is 42.5 Å². The first-order valence-electron chi connectivity index (χ1n) is 4.99. The molecule has 0 spiro atoms. The fraction of sp³-hybridized carbons (Fsp3) is 0. The number of aromatic nitrogens is 1. The average molecular weight is 229 g/mol. The summed E-state index contributed by atoms with van der Waals surface area (Å²) >= 11 is 5.99. The standard InChI is InChI=1S/C13H9ClN2/c14-10-5-6-12-9(13(10)15)7-8-3-1-2-4-11(8)16-12/h1-7H,15H2. The van der Waals surface area contributed by atoms with E-state index in [0.717, 1.165) is 21.8 Å². The molecular weight excluding hydrogens is 220 g/mol. The van der Waals surface area contributed by atoms with E-state index < -0.39 is 0 Å². The van der Waals surface area contributed by atoms with Gasteiger partial charge in [-0.2, -0.15) is 0 Å². The second-order valence-corrected chi connectivity index (χ2v) is 4.12. The van der Waals surface area contributed by atoms with Gasteiger partial charge in [-0.25, -0.2) is 4.98 Å². The number of rotatable bonds is 0. The average Bonchev–Trinajstić information content (AvgIpc) is 2.32. The predicted octanol–water partition coefficient (Wildman–Crippen LogP) is 3.62. The van der Waals surface area contributed by atoms with Crippen LogP contribution in [-0.4, -0.2) is 4.98 Å². The molecule has 0 aliphatic rings. The van der Waals surface area contributed by atoms with Gasteiger partial charge in [0.05, 0.1) is 21.7 Å². The molecule has 3 heteroatoms. The van der Waals surface area contributed by atoms with Crippen molar-refractivity contribution >= 4 is 39.1 Å². The van der Waals surface area contributed by atoms with Crippen molar-refractivity contribution in [2.75, 3.05) is 5.73 Å². The van der Waals surface area contributed by atoms with Crippen LogP contribution >= 0.6 is 11.6 Å². The summed E-state index contributed by atoms with van der Waals surface area (Å²) in [6.07, 6.45) is 0. The van der Waals surface area contributed by atoms with E-state index in [9.17, 15) is 0 Å². The Morgan fingerprint density at radius 2 is 1.81 bits per heavy atom. The molecule has 0 saturated carbocycles. The van der Waals surface area contributed by atoms with Crippen molar-refractivity contribution in [3.63, 3.8) is 0 Å². The molecule has 2 aromatic carbocycles. The molecule has 2 N–H and O–H groups in total. The summed E-state index contributed by atoms with van der Waals surface area (Å²) in [6.45, 7) is 0. The van der Waals surface area contributed by atoms with Gasteiger partial charge in [-0.1, -0.05) is 29.8 Å². The highest BCUT2D eigenvalue weighted by atomic mass is 35.5. The van der Waals surface area contributed by atoms with Crippen molar-refractivity contribution in [3.05, 3.63) is 47.5 Å². The zero-order valence-electron chi connectivity index (χ0n) is 8.44. The zero-order chi connectivity index (χ0) is 11.1. The Morgan fingerprint density at radius 1 is 1.00 bits per heavy atom. The Bertz CT molecular complexity index is 692. The third kappa shape index (κ3) is 1.31. The Morgan fingerprint density at radius 3 is 2.69 bits per heavy atom. The number of nitrogen functional groups attached to an aromatic ring is 1. The summed E-state index contributed by atoms with van der Waals surface area (Å²) in [7, 11) is 0. The number of para-hydroxylation sites is 1. The number of hydrogen-bond donors (Lipinski definition) is 1. The number of anilines is 1. The molecule has 1 aromatic heterocycles. The van der Waals surface area contributed by atoms with Gasteiger partial charge in [0.25, 0.3) is 0 Å². The van der Waals surface area contributed by atoms with Crippen LogP contribution in [0.4, 0.5) is 5.69 Å². The monoisotopic (exact) mass is 228 g/mol. The molecule has 3 aromatic rings. The molecule has 3 rings (SSSR count). The number of hydrogen-bond acceptors (Lipinski definition) is 2. The number of nitrogens with zero attached hydrogens (tertiary/aromatic N) is 1. The molecule has 0 atom stereocenters. The molecule has 0 aliphatic heterocycles. The van der Waals surface area contributed by atoms with Crippen LogP contribution in [0.3, 0.4) is 0 Å². The third-order valence-electron chi connectivity index (χ3n) is 2.69. The molecule has 1 heterocycles. The summed E-state index contributed by atoms with van der Waals surface area (Å²) in [6, 6.07) is 13.7. The molecule has 0 saturated heterocycles. The molecule has 16 heavy (non-hydrogen) atoms. The molecule has 0 unspecified atom stereocenters. The Hall–Kier alpha value is -1.80. The van der Waals surface area contributed by atoms with Gasteiger partial charge in [0.2, 0.25) is 0 Å². The van der Waals surface area contributed by atoms with Crippen molar-refractivity contribution < 1.29 is 0 Å². The highest BCUT2D eigenvalue weighted by Gasteiger charge is 2.05. The minimum Gasteiger partial charge on any atom is -0.397 e. The summed E-state index contributed by atoms with van der Waals surface area (Å²) in [5, 5.41) is 2.56. The van der Waals surface area contributed by atoms with Gasteiger partial charge in [0.1, 0.15) is 0 Å². The molecule has 0 bridgehead atoms. The predicted molar refractivity (Wildman–Crippen MR) is 68.7 cm³/mol. The van der Waals surface area contributed by atoms with E-state index >= 15 is 0 Å². The molecule has 0 amide bonds. The van der Waals surface area contributed by atoms with E-state index in [4.69, 9.17) is 17.3 Å². The lowest BCUT2D eigenvalue weighted by atomic mass is 10.1. The third-order valence-corrected chi connectivity index (χ3v) is 3.02. The van der Waals surface area contributed by atoms with Crippen molar-refractivity contribution in [2.24, 2.45) is 0 Å².